The molecule has 3 rings (SSSR count). The number of nitrogens with two attached hydrogens (primary N) is 1. The maximum Gasteiger partial charge on any atom is 0.0630 e. The summed E-state index contributed by atoms with van der Waals surface area (Å²) in [5.41, 5.74) is 9.59. The number of piperazine rings is 1. The maximum absolute atomic E-state index is 6.12. The first kappa shape index (κ1) is 11.8. The molecule has 1 aliphatic carbocycles. The predicted molar refractivity (Wildman–Crippen MR) is 77.0 cm³/mol. The second-order valence-corrected chi connectivity index (χ2v) is 5.74. The molecule has 1 aromatic rings. The highest BCUT2D eigenvalue weighted by atomic mass is 15.3. The molecule has 1 aromatic carbocycles. The first-order chi connectivity index (χ1) is 8.74. The highest BCUT2D eigenvalue weighted by Gasteiger charge is 2.27. The van der Waals surface area contributed by atoms with E-state index in [1.165, 1.54) is 43.7 Å². The van der Waals surface area contributed by atoms with E-state index in [0.717, 1.165) is 24.7 Å². The molecule has 0 bridgehead atoms. The van der Waals surface area contributed by atoms with E-state index in [1.54, 1.807) is 0 Å². The van der Waals surface area contributed by atoms with Crippen molar-refractivity contribution in [2.24, 2.45) is 5.92 Å². The Morgan fingerprint density at radius 2 is 1.89 bits per heavy atom. The van der Waals surface area contributed by atoms with Crippen molar-refractivity contribution >= 4 is 11.4 Å². The quantitative estimate of drug-likeness (QED) is 0.828. The zero-order valence-corrected chi connectivity index (χ0v) is 11.2. The van der Waals surface area contributed by atoms with Gasteiger partial charge in [-0.2, -0.15) is 0 Å². The van der Waals surface area contributed by atoms with E-state index in [1.807, 2.05) is 12.1 Å². The molecule has 2 aliphatic rings. The molecule has 0 amide bonds. The third kappa shape index (κ3) is 2.46. The standard InChI is InChI=1S/C15H23N3/c1-12-3-2-4-14(16)15(12)18-9-7-17(8-10-18)11-13-5-6-13/h2-4,13H,5-11,16H2,1H3. The van der Waals surface area contributed by atoms with Crippen LogP contribution in [0.3, 0.4) is 0 Å². The molecule has 0 radical (unpaired) electrons. The van der Waals surface area contributed by atoms with Crippen molar-refractivity contribution in [1.29, 1.82) is 0 Å². The molecule has 1 heterocycles. The molecule has 1 aliphatic heterocycles. The third-order valence-corrected chi connectivity index (χ3v) is 4.17. The lowest BCUT2D eigenvalue weighted by Gasteiger charge is -2.37. The first-order valence-electron chi connectivity index (χ1n) is 7.06. The second-order valence-electron chi connectivity index (χ2n) is 5.74. The van der Waals surface area contributed by atoms with Crippen LogP contribution in [0.4, 0.5) is 11.4 Å². The van der Waals surface area contributed by atoms with Gasteiger partial charge in [0.1, 0.15) is 0 Å². The third-order valence-electron chi connectivity index (χ3n) is 4.17. The van der Waals surface area contributed by atoms with Crippen LogP contribution in [0.5, 0.6) is 0 Å². The van der Waals surface area contributed by atoms with Crippen molar-refractivity contribution in [1.82, 2.24) is 4.90 Å². The lowest BCUT2D eigenvalue weighted by Crippen LogP contribution is -2.47. The SMILES string of the molecule is Cc1cccc(N)c1N1CCN(CC2CC2)CC1. The van der Waals surface area contributed by atoms with Gasteiger partial charge in [-0.15, -0.1) is 0 Å². The fourth-order valence-corrected chi connectivity index (χ4v) is 2.93. The number of hydrogen-bond acceptors (Lipinski definition) is 3. The van der Waals surface area contributed by atoms with Crippen LogP contribution in [0.15, 0.2) is 18.2 Å². The molecular formula is C15H23N3. The number of nitrogen functional groups attached to an aromatic ring is 1. The van der Waals surface area contributed by atoms with Gasteiger partial charge < -0.3 is 10.6 Å². The average molecular weight is 245 g/mol. The molecule has 18 heavy (non-hydrogen) atoms. The predicted octanol–water partition coefficient (Wildman–Crippen LogP) is 2.11. The average Bonchev–Trinajstić information content (AvgIpc) is 3.15. The summed E-state index contributed by atoms with van der Waals surface area (Å²) in [6, 6.07) is 6.21. The van der Waals surface area contributed by atoms with Crippen LogP contribution in [-0.2, 0) is 0 Å². The molecule has 3 nitrogen and oxygen atoms in total. The Morgan fingerprint density at radius 3 is 2.50 bits per heavy atom. The van der Waals surface area contributed by atoms with Gasteiger partial charge in [-0.1, -0.05) is 12.1 Å². The van der Waals surface area contributed by atoms with E-state index in [-0.39, 0.29) is 0 Å². The summed E-state index contributed by atoms with van der Waals surface area (Å²) in [7, 11) is 0. The Bertz CT molecular complexity index is 397. The minimum Gasteiger partial charge on any atom is -0.397 e. The Morgan fingerprint density at radius 1 is 1.17 bits per heavy atom. The summed E-state index contributed by atoms with van der Waals surface area (Å²) in [5.74, 6) is 1.00. The van der Waals surface area contributed by atoms with Crippen molar-refractivity contribution in [2.45, 2.75) is 19.8 Å². The van der Waals surface area contributed by atoms with Crippen molar-refractivity contribution in [3.8, 4) is 0 Å². The summed E-state index contributed by atoms with van der Waals surface area (Å²) in [6.45, 7) is 8.07. The van der Waals surface area contributed by atoms with Crippen molar-refractivity contribution in [3.63, 3.8) is 0 Å². The highest BCUT2D eigenvalue weighted by Crippen LogP contribution is 2.31. The Balaban J connectivity index is 1.64. The molecule has 0 spiro atoms. The summed E-state index contributed by atoms with van der Waals surface area (Å²) in [6.07, 6.45) is 2.90. The van der Waals surface area contributed by atoms with Gasteiger partial charge in [0.25, 0.3) is 0 Å². The molecule has 1 saturated carbocycles. The van der Waals surface area contributed by atoms with Crippen LogP contribution in [0, 0.1) is 12.8 Å². The topological polar surface area (TPSA) is 32.5 Å². The molecule has 2 N–H and O–H groups in total. The number of para-hydroxylation sites is 1. The van der Waals surface area contributed by atoms with Gasteiger partial charge in [0, 0.05) is 32.7 Å². The molecule has 98 valence electrons. The fourth-order valence-electron chi connectivity index (χ4n) is 2.93. The van der Waals surface area contributed by atoms with Crippen LogP contribution >= 0.6 is 0 Å². The number of rotatable bonds is 3. The highest BCUT2D eigenvalue weighted by molar-refractivity contribution is 5.71. The Kier molecular flexibility index (Phi) is 3.16. The van der Waals surface area contributed by atoms with Crippen molar-refractivity contribution in [2.75, 3.05) is 43.4 Å². The van der Waals surface area contributed by atoms with Crippen LogP contribution in [0.2, 0.25) is 0 Å². The van der Waals surface area contributed by atoms with Crippen LogP contribution in [-0.4, -0.2) is 37.6 Å². The largest absolute Gasteiger partial charge is 0.397 e. The monoisotopic (exact) mass is 245 g/mol. The van der Waals surface area contributed by atoms with Crippen molar-refractivity contribution < 1.29 is 0 Å². The molecular weight excluding hydrogens is 222 g/mol. The van der Waals surface area contributed by atoms with Crippen LogP contribution in [0.1, 0.15) is 18.4 Å². The number of hydrogen-bond donors (Lipinski definition) is 1. The second kappa shape index (κ2) is 4.81. The summed E-state index contributed by atoms with van der Waals surface area (Å²) in [4.78, 5) is 5.07. The maximum atomic E-state index is 6.12. The minimum absolute atomic E-state index is 0.922. The van der Waals surface area contributed by atoms with Gasteiger partial charge in [0.2, 0.25) is 0 Å². The first-order valence-corrected chi connectivity index (χ1v) is 7.06. The Labute approximate surface area is 110 Å². The Hall–Kier alpha value is -1.22. The van der Waals surface area contributed by atoms with E-state index < -0.39 is 0 Å². The molecule has 3 heteroatoms. The smallest absolute Gasteiger partial charge is 0.0630 e. The molecule has 2 fully saturated rings. The van der Waals surface area contributed by atoms with E-state index in [4.69, 9.17) is 5.73 Å². The van der Waals surface area contributed by atoms with Crippen molar-refractivity contribution in [3.05, 3.63) is 23.8 Å². The molecule has 0 unspecified atom stereocenters. The van der Waals surface area contributed by atoms with Gasteiger partial charge >= 0.3 is 0 Å². The van der Waals surface area contributed by atoms with Gasteiger partial charge in [-0.05, 0) is 37.3 Å². The number of nitrogens with zero attached hydrogens (tertiary/aromatic N) is 2. The number of anilines is 2. The number of aryl methyl sites for hydroxylation is 1. The van der Waals surface area contributed by atoms with E-state index >= 15 is 0 Å². The summed E-state index contributed by atoms with van der Waals surface area (Å²) in [5, 5.41) is 0. The number of benzene rings is 1. The summed E-state index contributed by atoms with van der Waals surface area (Å²) >= 11 is 0. The lowest BCUT2D eigenvalue weighted by molar-refractivity contribution is 0.248. The van der Waals surface area contributed by atoms with Gasteiger partial charge in [-0.3, -0.25) is 4.90 Å². The van der Waals surface area contributed by atoms with Gasteiger partial charge in [0.15, 0.2) is 0 Å². The van der Waals surface area contributed by atoms with Gasteiger partial charge in [0.05, 0.1) is 11.4 Å². The van der Waals surface area contributed by atoms with Gasteiger partial charge in [-0.25, -0.2) is 0 Å². The fraction of sp³-hybridized carbons (Fsp3) is 0.600. The van der Waals surface area contributed by atoms with Crippen LogP contribution in [0.25, 0.3) is 0 Å². The lowest BCUT2D eigenvalue weighted by atomic mass is 10.1. The molecule has 0 atom stereocenters. The van der Waals surface area contributed by atoms with E-state index in [0.29, 0.717) is 0 Å². The molecule has 1 saturated heterocycles. The van der Waals surface area contributed by atoms with Crippen LogP contribution < -0.4 is 10.6 Å². The normalized spacial score (nSPS) is 21.3. The zero-order chi connectivity index (χ0) is 12.5. The molecule has 0 aromatic heterocycles. The zero-order valence-electron chi connectivity index (χ0n) is 11.2. The summed E-state index contributed by atoms with van der Waals surface area (Å²) < 4.78 is 0. The van der Waals surface area contributed by atoms with E-state index in [9.17, 15) is 0 Å². The minimum atomic E-state index is 0.922. The van der Waals surface area contributed by atoms with E-state index in [2.05, 4.69) is 22.8 Å².